The third-order valence-corrected chi connectivity index (χ3v) is 2.47. The Morgan fingerprint density at radius 3 is 2.60 bits per heavy atom. The largest absolute Gasteiger partial charge is 0.480 e. The molecule has 2 heterocycles. The maximum atomic E-state index is 12.1. The molecule has 0 aliphatic heterocycles. The van der Waals surface area contributed by atoms with Crippen LogP contribution in [-0.4, -0.2) is 34.1 Å². The number of methoxy groups -OCH3 is 1. The van der Waals surface area contributed by atoms with Crippen LogP contribution >= 0.6 is 0 Å². The molecule has 2 aromatic heterocycles. The first kappa shape index (κ1) is 13.5. The van der Waals surface area contributed by atoms with E-state index in [1.807, 2.05) is 0 Å². The van der Waals surface area contributed by atoms with Gasteiger partial charge in [0.05, 0.1) is 12.8 Å². The Balaban J connectivity index is 2.31. The number of carboxylic acid groups (broad SMARTS) is 1. The minimum Gasteiger partial charge on any atom is -0.480 e. The summed E-state index contributed by atoms with van der Waals surface area (Å²) in [6, 6.07) is 6.09. The molecule has 20 heavy (non-hydrogen) atoms. The van der Waals surface area contributed by atoms with Gasteiger partial charge in [-0.15, -0.1) is 0 Å². The molecule has 7 heteroatoms. The van der Waals surface area contributed by atoms with Gasteiger partial charge in [0.25, 0.3) is 5.91 Å². The zero-order valence-electron chi connectivity index (χ0n) is 10.5. The minimum absolute atomic E-state index is 0.107. The van der Waals surface area contributed by atoms with E-state index < -0.39 is 11.9 Å². The quantitative estimate of drug-likeness (QED) is 0.873. The third kappa shape index (κ3) is 2.72. The Kier molecular flexibility index (Phi) is 3.90. The predicted octanol–water partition coefficient (Wildman–Crippen LogP) is 1.44. The van der Waals surface area contributed by atoms with Crippen molar-refractivity contribution in [2.24, 2.45) is 0 Å². The standard InChI is InChI=1S/C13H11N3O4/c1-20-12-8(4-2-7-15-12)11(17)16-9-5-3-6-14-10(9)13(18)19/h2-7H,1H3,(H,16,17)(H,18,19). The summed E-state index contributed by atoms with van der Waals surface area (Å²) in [5, 5.41) is 11.5. The van der Waals surface area contributed by atoms with Gasteiger partial charge in [0.1, 0.15) is 5.56 Å². The number of ether oxygens (including phenoxy) is 1. The van der Waals surface area contributed by atoms with E-state index in [0.717, 1.165) is 0 Å². The Hall–Kier alpha value is -2.96. The number of aromatic nitrogens is 2. The summed E-state index contributed by atoms with van der Waals surface area (Å²) >= 11 is 0. The van der Waals surface area contributed by atoms with Crippen molar-refractivity contribution < 1.29 is 19.4 Å². The van der Waals surface area contributed by atoms with Gasteiger partial charge in [0.2, 0.25) is 5.88 Å². The van der Waals surface area contributed by atoms with Crippen LogP contribution in [0, 0.1) is 0 Å². The highest BCUT2D eigenvalue weighted by Gasteiger charge is 2.17. The van der Waals surface area contributed by atoms with Gasteiger partial charge in [0.15, 0.2) is 5.69 Å². The fraction of sp³-hybridized carbons (Fsp3) is 0.0769. The molecule has 0 fully saturated rings. The molecule has 7 nitrogen and oxygen atoms in total. The van der Waals surface area contributed by atoms with Crippen LogP contribution in [0.1, 0.15) is 20.8 Å². The van der Waals surface area contributed by atoms with Gasteiger partial charge < -0.3 is 15.2 Å². The maximum Gasteiger partial charge on any atom is 0.356 e. The second-order valence-corrected chi connectivity index (χ2v) is 3.72. The van der Waals surface area contributed by atoms with Crippen molar-refractivity contribution in [3.05, 3.63) is 47.9 Å². The third-order valence-electron chi connectivity index (χ3n) is 2.47. The van der Waals surface area contributed by atoms with E-state index >= 15 is 0 Å². The van der Waals surface area contributed by atoms with E-state index in [2.05, 4.69) is 15.3 Å². The molecule has 2 aromatic rings. The number of hydrogen-bond acceptors (Lipinski definition) is 5. The van der Waals surface area contributed by atoms with E-state index in [1.165, 1.54) is 37.7 Å². The average molecular weight is 273 g/mol. The number of rotatable bonds is 4. The summed E-state index contributed by atoms with van der Waals surface area (Å²) in [6.45, 7) is 0. The van der Waals surface area contributed by atoms with Gasteiger partial charge in [-0.2, -0.15) is 0 Å². The molecule has 2 rings (SSSR count). The van der Waals surface area contributed by atoms with Gasteiger partial charge in [-0.1, -0.05) is 0 Å². The molecule has 0 spiro atoms. The number of nitrogens with one attached hydrogen (secondary N) is 1. The summed E-state index contributed by atoms with van der Waals surface area (Å²) in [7, 11) is 1.39. The van der Waals surface area contributed by atoms with Crippen LogP contribution in [-0.2, 0) is 0 Å². The smallest absolute Gasteiger partial charge is 0.356 e. The summed E-state index contributed by atoms with van der Waals surface area (Å²) in [5.74, 6) is -1.59. The molecular formula is C13H11N3O4. The molecule has 0 saturated carbocycles. The molecular weight excluding hydrogens is 262 g/mol. The van der Waals surface area contributed by atoms with Crippen LogP contribution in [0.15, 0.2) is 36.7 Å². The first-order valence-corrected chi connectivity index (χ1v) is 5.62. The SMILES string of the molecule is COc1ncccc1C(=O)Nc1cccnc1C(=O)O. The molecule has 0 saturated heterocycles. The highest BCUT2D eigenvalue weighted by atomic mass is 16.5. The van der Waals surface area contributed by atoms with Gasteiger partial charge in [-0.3, -0.25) is 4.79 Å². The first-order chi connectivity index (χ1) is 9.63. The van der Waals surface area contributed by atoms with Crippen LogP contribution in [0.2, 0.25) is 0 Å². The molecule has 0 atom stereocenters. The summed E-state index contributed by atoms with van der Waals surface area (Å²) < 4.78 is 4.98. The molecule has 0 radical (unpaired) electrons. The minimum atomic E-state index is -1.22. The fourth-order valence-corrected chi connectivity index (χ4v) is 1.59. The van der Waals surface area contributed by atoms with E-state index in [9.17, 15) is 9.59 Å². The number of carbonyl (C=O) groups excluding carboxylic acids is 1. The number of aromatic carboxylic acids is 1. The topological polar surface area (TPSA) is 101 Å². The molecule has 0 aliphatic rings. The number of pyridine rings is 2. The molecule has 0 aromatic carbocycles. The lowest BCUT2D eigenvalue weighted by Crippen LogP contribution is -2.16. The lowest BCUT2D eigenvalue weighted by molar-refractivity contribution is 0.0692. The number of hydrogen-bond donors (Lipinski definition) is 2. The van der Waals surface area contributed by atoms with Crippen molar-refractivity contribution >= 4 is 17.6 Å². The lowest BCUT2D eigenvalue weighted by Gasteiger charge is -2.09. The molecule has 0 bridgehead atoms. The zero-order valence-corrected chi connectivity index (χ0v) is 10.5. The second kappa shape index (κ2) is 5.79. The molecule has 0 aliphatic carbocycles. The van der Waals surface area contributed by atoms with E-state index in [0.29, 0.717) is 0 Å². The molecule has 2 N–H and O–H groups in total. The van der Waals surface area contributed by atoms with Crippen molar-refractivity contribution in [2.75, 3.05) is 12.4 Å². The van der Waals surface area contributed by atoms with Crippen molar-refractivity contribution in [1.82, 2.24) is 9.97 Å². The number of amides is 1. The van der Waals surface area contributed by atoms with Crippen molar-refractivity contribution in [1.29, 1.82) is 0 Å². The molecule has 1 amide bonds. The van der Waals surface area contributed by atoms with Crippen LogP contribution < -0.4 is 10.1 Å². The number of carboxylic acids is 1. The average Bonchev–Trinajstić information content (AvgIpc) is 2.47. The van der Waals surface area contributed by atoms with Gasteiger partial charge in [0, 0.05) is 12.4 Å². The van der Waals surface area contributed by atoms with Crippen LogP contribution in [0.4, 0.5) is 5.69 Å². The highest BCUT2D eigenvalue weighted by Crippen LogP contribution is 2.18. The lowest BCUT2D eigenvalue weighted by atomic mass is 10.2. The number of anilines is 1. The van der Waals surface area contributed by atoms with Gasteiger partial charge in [-0.25, -0.2) is 14.8 Å². The second-order valence-electron chi connectivity index (χ2n) is 3.72. The van der Waals surface area contributed by atoms with E-state index in [4.69, 9.17) is 9.84 Å². The fourth-order valence-electron chi connectivity index (χ4n) is 1.59. The summed E-state index contributed by atoms with van der Waals surface area (Å²) in [6.07, 6.45) is 2.83. The summed E-state index contributed by atoms with van der Waals surface area (Å²) in [5.41, 5.74) is 0.0785. The zero-order chi connectivity index (χ0) is 14.5. The highest BCUT2D eigenvalue weighted by molar-refractivity contribution is 6.08. The molecule has 0 unspecified atom stereocenters. The first-order valence-electron chi connectivity index (χ1n) is 5.62. The monoisotopic (exact) mass is 273 g/mol. The van der Waals surface area contributed by atoms with Crippen molar-refractivity contribution in [3.63, 3.8) is 0 Å². The van der Waals surface area contributed by atoms with Gasteiger partial charge in [-0.05, 0) is 24.3 Å². The van der Waals surface area contributed by atoms with Crippen LogP contribution in [0.3, 0.4) is 0 Å². The summed E-state index contributed by atoms with van der Waals surface area (Å²) in [4.78, 5) is 30.7. The number of carbonyl (C=O) groups is 2. The Labute approximate surface area is 114 Å². The van der Waals surface area contributed by atoms with E-state index in [-0.39, 0.29) is 22.8 Å². The maximum absolute atomic E-state index is 12.1. The Morgan fingerprint density at radius 2 is 1.90 bits per heavy atom. The Bertz CT molecular complexity index is 658. The Morgan fingerprint density at radius 1 is 1.20 bits per heavy atom. The van der Waals surface area contributed by atoms with Crippen LogP contribution in [0.25, 0.3) is 0 Å². The van der Waals surface area contributed by atoms with E-state index in [1.54, 1.807) is 6.07 Å². The van der Waals surface area contributed by atoms with Crippen LogP contribution in [0.5, 0.6) is 5.88 Å². The van der Waals surface area contributed by atoms with Crippen molar-refractivity contribution in [3.8, 4) is 5.88 Å². The molecule has 102 valence electrons. The normalized spacial score (nSPS) is 9.85. The van der Waals surface area contributed by atoms with Crippen molar-refractivity contribution in [2.45, 2.75) is 0 Å². The number of nitrogens with zero attached hydrogens (tertiary/aromatic N) is 2. The van der Waals surface area contributed by atoms with Gasteiger partial charge >= 0.3 is 5.97 Å². The predicted molar refractivity (Wildman–Crippen MR) is 69.9 cm³/mol.